The van der Waals surface area contributed by atoms with E-state index in [0.29, 0.717) is 6.61 Å². The fraction of sp³-hybridized carbons (Fsp3) is 0.400. The summed E-state index contributed by atoms with van der Waals surface area (Å²) in [6.07, 6.45) is 5.79. The minimum Gasteiger partial charge on any atom is -0.486 e. The van der Waals surface area contributed by atoms with Gasteiger partial charge in [-0.2, -0.15) is 0 Å². The molecule has 0 saturated heterocycles. The minimum absolute atomic E-state index is 0.0351. The van der Waals surface area contributed by atoms with Crippen molar-refractivity contribution in [2.45, 2.75) is 32.4 Å². The highest BCUT2D eigenvalue weighted by Crippen LogP contribution is 2.31. The number of ether oxygens (including phenoxy) is 2. The second-order valence-corrected chi connectivity index (χ2v) is 4.74. The van der Waals surface area contributed by atoms with Gasteiger partial charge in [0.05, 0.1) is 0 Å². The number of fused-ring (bicyclic) bond motifs is 1. The van der Waals surface area contributed by atoms with Crippen LogP contribution in [0.1, 0.15) is 19.2 Å². The maximum atomic E-state index is 5.96. The van der Waals surface area contributed by atoms with E-state index in [1.54, 1.807) is 0 Å². The van der Waals surface area contributed by atoms with Crippen molar-refractivity contribution < 1.29 is 9.47 Å². The van der Waals surface area contributed by atoms with Crippen molar-refractivity contribution in [3.63, 3.8) is 0 Å². The molecule has 0 aliphatic carbocycles. The van der Waals surface area contributed by atoms with Crippen molar-refractivity contribution in [1.82, 2.24) is 9.55 Å². The monoisotopic (exact) mass is 258 g/mol. The fourth-order valence-corrected chi connectivity index (χ4v) is 2.34. The van der Waals surface area contributed by atoms with Crippen LogP contribution in [0.25, 0.3) is 0 Å². The molecule has 100 valence electrons. The van der Waals surface area contributed by atoms with Gasteiger partial charge in [0.1, 0.15) is 18.5 Å². The third kappa shape index (κ3) is 2.57. The van der Waals surface area contributed by atoms with Gasteiger partial charge in [0, 0.05) is 25.4 Å². The first-order valence-corrected chi connectivity index (χ1v) is 6.75. The molecule has 1 unspecified atom stereocenters. The van der Waals surface area contributed by atoms with Gasteiger partial charge >= 0.3 is 0 Å². The maximum Gasteiger partial charge on any atom is 0.161 e. The van der Waals surface area contributed by atoms with E-state index in [4.69, 9.17) is 9.47 Å². The second kappa shape index (κ2) is 5.34. The molecule has 1 aliphatic rings. The number of imidazole rings is 1. The zero-order chi connectivity index (χ0) is 13.1. The topological polar surface area (TPSA) is 36.3 Å². The van der Waals surface area contributed by atoms with Gasteiger partial charge in [-0.1, -0.05) is 19.1 Å². The van der Waals surface area contributed by atoms with Gasteiger partial charge in [0.15, 0.2) is 11.5 Å². The molecule has 19 heavy (non-hydrogen) atoms. The molecule has 0 fully saturated rings. The molecular weight excluding hydrogens is 240 g/mol. The Morgan fingerprint density at radius 2 is 2.16 bits per heavy atom. The molecule has 4 nitrogen and oxygen atoms in total. The number of benzene rings is 1. The zero-order valence-electron chi connectivity index (χ0n) is 11.1. The number of nitrogens with zero attached hydrogens (tertiary/aromatic N) is 2. The second-order valence-electron chi connectivity index (χ2n) is 4.74. The Labute approximate surface area is 113 Å². The van der Waals surface area contributed by atoms with Crippen molar-refractivity contribution in [3.8, 4) is 11.5 Å². The van der Waals surface area contributed by atoms with Crippen LogP contribution in [0.4, 0.5) is 0 Å². The molecule has 0 bridgehead atoms. The van der Waals surface area contributed by atoms with Crippen LogP contribution in [0.5, 0.6) is 11.5 Å². The highest BCUT2D eigenvalue weighted by molar-refractivity contribution is 5.40. The third-order valence-electron chi connectivity index (χ3n) is 3.24. The summed E-state index contributed by atoms with van der Waals surface area (Å²) in [5.74, 6) is 2.72. The van der Waals surface area contributed by atoms with Gasteiger partial charge in [-0.15, -0.1) is 0 Å². The molecule has 2 aromatic rings. The molecule has 2 heterocycles. The van der Waals surface area contributed by atoms with E-state index in [0.717, 1.165) is 36.7 Å². The lowest BCUT2D eigenvalue weighted by molar-refractivity contribution is 0.0892. The molecule has 0 spiro atoms. The van der Waals surface area contributed by atoms with E-state index in [1.165, 1.54) is 0 Å². The average Bonchev–Trinajstić information content (AvgIpc) is 2.86. The molecule has 1 aliphatic heterocycles. The van der Waals surface area contributed by atoms with Crippen LogP contribution in [0.15, 0.2) is 36.7 Å². The van der Waals surface area contributed by atoms with Crippen LogP contribution in [0.2, 0.25) is 0 Å². The summed E-state index contributed by atoms with van der Waals surface area (Å²) in [6, 6.07) is 7.79. The third-order valence-corrected chi connectivity index (χ3v) is 3.24. The zero-order valence-corrected chi connectivity index (χ0v) is 11.1. The van der Waals surface area contributed by atoms with E-state index < -0.39 is 0 Å². The molecule has 4 heteroatoms. The summed E-state index contributed by atoms with van der Waals surface area (Å²) in [6.45, 7) is 3.75. The summed E-state index contributed by atoms with van der Waals surface area (Å²) in [4.78, 5) is 4.41. The highest BCUT2D eigenvalue weighted by Gasteiger charge is 2.22. The van der Waals surface area contributed by atoms with Crippen LogP contribution >= 0.6 is 0 Å². The molecule has 0 amide bonds. The molecule has 1 aromatic carbocycles. The van der Waals surface area contributed by atoms with Crippen molar-refractivity contribution in [2.75, 3.05) is 6.61 Å². The molecule has 0 radical (unpaired) electrons. The Morgan fingerprint density at radius 3 is 3.00 bits per heavy atom. The van der Waals surface area contributed by atoms with Crippen LogP contribution in [0, 0.1) is 0 Å². The number of para-hydroxylation sites is 2. The molecule has 3 rings (SSSR count). The maximum absolute atomic E-state index is 5.96. The fourth-order valence-electron chi connectivity index (χ4n) is 2.34. The smallest absolute Gasteiger partial charge is 0.161 e. The lowest BCUT2D eigenvalue weighted by Crippen LogP contribution is -2.32. The lowest BCUT2D eigenvalue weighted by Gasteiger charge is -2.26. The SMILES string of the molecule is CCCn1ccnc1CC1COc2ccccc2O1. The highest BCUT2D eigenvalue weighted by atomic mass is 16.6. The van der Waals surface area contributed by atoms with Crippen molar-refractivity contribution in [1.29, 1.82) is 0 Å². The summed E-state index contributed by atoms with van der Waals surface area (Å²) >= 11 is 0. The normalized spacial score (nSPS) is 17.4. The van der Waals surface area contributed by atoms with Gasteiger partial charge in [-0.3, -0.25) is 0 Å². The van der Waals surface area contributed by atoms with Gasteiger partial charge in [0.25, 0.3) is 0 Å². The van der Waals surface area contributed by atoms with E-state index in [1.807, 2.05) is 36.7 Å². The molecular formula is C15H18N2O2. The Hall–Kier alpha value is -1.97. The summed E-state index contributed by atoms with van der Waals surface area (Å²) in [5.41, 5.74) is 0. The predicted molar refractivity (Wildman–Crippen MR) is 72.6 cm³/mol. The largest absolute Gasteiger partial charge is 0.486 e. The number of hydrogen-bond acceptors (Lipinski definition) is 3. The minimum atomic E-state index is 0.0351. The van der Waals surface area contributed by atoms with Gasteiger partial charge in [0.2, 0.25) is 0 Å². The van der Waals surface area contributed by atoms with Crippen molar-refractivity contribution >= 4 is 0 Å². The first kappa shape index (κ1) is 12.1. The summed E-state index contributed by atoms with van der Waals surface area (Å²) < 4.78 is 13.9. The standard InChI is InChI=1S/C15H18N2O2/c1-2-8-17-9-7-16-15(17)10-12-11-18-13-5-3-4-6-14(13)19-12/h3-7,9,12H,2,8,10-11H2,1H3. The van der Waals surface area contributed by atoms with Gasteiger partial charge in [-0.25, -0.2) is 4.98 Å². The number of hydrogen-bond donors (Lipinski definition) is 0. The predicted octanol–water partition coefficient (Wildman–Crippen LogP) is 2.68. The Kier molecular flexibility index (Phi) is 3.40. The van der Waals surface area contributed by atoms with Crippen LogP contribution in [-0.2, 0) is 13.0 Å². The van der Waals surface area contributed by atoms with Gasteiger partial charge < -0.3 is 14.0 Å². The van der Waals surface area contributed by atoms with Gasteiger partial charge in [-0.05, 0) is 18.6 Å². The average molecular weight is 258 g/mol. The number of aryl methyl sites for hydroxylation is 1. The van der Waals surface area contributed by atoms with Crippen LogP contribution in [-0.4, -0.2) is 22.3 Å². The van der Waals surface area contributed by atoms with E-state index in [9.17, 15) is 0 Å². The number of rotatable bonds is 4. The van der Waals surface area contributed by atoms with Crippen molar-refractivity contribution in [3.05, 3.63) is 42.5 Å². The summed E-state index contributed by atoms with van der Waals surface area (Å²) in [7, 11) is 0. The van der Waals surface area contributed by atoms with E-state index in [2.05, 4.69) is 16.5 Å². The van der Waals surface area contributed by atoms with Crippen LogP contribution < -0.4 is 9.47 Å². The van der Waals surface area contributed by atoms with Crippen molar-refractivity contribution in [2.24, 2.45) is 0 Å². The van der Waals surface area contributed by atoms with E-state index >= 15 is 0 Å². The lowest BCUT2D eigenvalue weighted by atomic mass is 10.2. The Bertz CT molecular complexity index is 551. The summed E-state index contributed by atoms with van der Waals surface area (Å²) in [5, 5.41) is 0. The Morgan fingerprint density at radius 1 is 1.32 bits per heavy atom. The molecule has 1 atom stereocenters. The first-order chi connectivity index (χ1) is 9.36. The molecule has 1 aromatic heterocycles. The van der Waals surface area contributed by atoms with E-state index in [-0.39, 0.29) is 6.10 Å². The quantitative estimate of drug-likeness (QED) is 0.846. The number of aromatic nitrogens is 2. The molecule has 0 N–H and O–H groups in total. The first-order valence-electron chi connectivity index (χ1n) is 6.75. The van der Waals surface area contributed by atoms with Crippen LogP contribution in [0.3, 0.4) is 0 Å². The Balaban J connectivity index is 1.70. The molecule has 0 saturated carbocycles.